The zero-order chi connectivity index (χ0) is 13.6. The summed E-state index contributed by atoms with van der Waals surface area (Å²) in [5.74, 6) is 0.874. The fourth-order valence-electron chi connectivity index (χ4n) is 2.78. The van der Waals surface area contributed by atoms with Crippen LogP contribution < -0.4 is 11.1 Å². The van der Waals surface area contributed by atoms with Gasteiger partial charge in [-0.15, -0.1) is 0 Å². The van der Waals surface area contributed by atoms with E-state index in [0.717, 1.165) is 17.1 Å². The Bertz CT molecular complexity index is 550. The first-order chi connectivity index (χ1) is 9.11. The van der Waals surface area contributed by atoms with Crippen LogP contribution in [0.3, 0.4) is 0 Å². The van der Waals surface area contributed by atoms with Crippen molar-refractivity contribution in [1.82, 2.24) is 9.55 Å². The van der Waals surface area contributed by atoms with E-state index in [4.69, 9.17) is 5.73 Å². The Morgan fingerprint density at radius 2 is 2.37 bits per heavy atom. The molecule has 2 heterocycles. The third-order valence-corrected chi connectivity index (χ3v) is 3.88. The molecule has 19 heavy (non-hydrogen) atoms. The highest BCUT2D eigenvalue weighted by Gasteiger charge is 2.38. The van der Waals surface area contributed by atoms with Gasteiger partial charge in [-0.05, 0) is 12.0 Å². The van der Waals surface area contributed by atoms with E-state index in [1.54, 1.807) is 6.33 Å². The number of fused-ring (bicyclic) bond motifs is 1. The van der Waals surface area contributed by atoms with Crippen LogP contribution in [0.2, 0.25) is 0 Å². The van der Waals surface area contributed by atoms with Gasteiger partial charge < -0.3 is 25.8 Å². The molecule has 1 aliphatic carbocycles. The van der Waals surface area contributed by atoms with Crippen molar-refractivity contribution in [3.05, 3.63) is 24.2 Å². The van der Waals surface area contributed by atoms with Gasteiger partial charge in [-0.2, -0.15) is 0 Å². The van der Waals surface area contributed by atoms with Crippen molar-refractivity contribution in [1.29, 1.82) is 0 Å². The van der Waals surface area contributed by atoms with Gasteiger partial charge in [-0.3, -0.25) is 0 Å². The third-order valence-electron chi connectivity index (χ3n) is 3.88. The molecule has 1 saturated carbocycles. The summed E-state index contributed by atoms with van der Waals surface area (Å²) in [4.78, 5) is 8.37. The lowest BCUT2D eigenvalue weighted by atomic mass is 10.0. The van der Waals surface area contributed by atoms with Crippen molar-refractivity contribution in [3.8, 4) is 0 Å². The minimum Gasteiger partial charge on any atom is -0.396 e. The van der Waals surface area contributed by atoms with Crippen LogP contribution in [0, 0.1) is 5.92 Å². The second-order valence-electron chi connectivity index (χ2n) is 4.96. The number of aliphatic hydroxyl groups is 2. The van der Waals surface area contributed by atoms with Gasteiger partial charge in [-0.1, -0.05) is 6.58 Å². The van der Waals surface area contributed by atoms with Gasteiger partial charge in [0.15, 0.2) is 5.96 Å². The molecule has 1 aromatic heterocycles. The van der Waals surface area contributed by atoms with E-state index >= 15 is 0 Å². The molecule has 5 N–H and O–H groups in total. The van der Waals surface area contributed by atoms with Gasteiger partial charge in [0, 0.05) is 5.92 Å². The second kappa shape index (κ2) is 4.36. The minimum absolute atomic E-state index is 0.0817. The summed E-state index contributed by atoms with van der Waals surface area (Å²) < 4.78 is 1.91. The number of rotatable bonds is 2. The largest absolute Gasteiger partial charge is 0.396 e. The summed E-state index contributed by atoms with van der Waals surface area (Å²) in [6.07, 6.45) is 1.65. The maximum atomic E-state index is 9.96. The normalized spacial score (nSPS) is 29.9. The van der Waals surface area contributed by atoms with Crippen LogP contribution in [-0.2, 0) is 6.54 Å². The molecule has 102 valence electrons. The number of hydrogen-bond acceptors (Lipinski definition) is 6. The molecule has 0 aromatic carbocycles. The zero-order valence-electron chi connectivity index (χ0n) is 10.5. The Kier molecular flexibility index (Phi) is 2.79. The van der Waals surface area contributed by atoms with Gasteiger partial charge in [0.1, 0.15) is 11.5 Å². The van der Waals surface area contributed by atoms with E-state index in [1.807, 2.05) is 4.57 Å². The van der Waals surface area contributed by atoms with Crippen LogP contribution in [0.15, 0.2) is 23.5 Å². The molecule has 1 aliphatic heterocycles. The summed E-state index contributed by atoms with van der Waals surface area (Å²) in [5, 5.41) is 22.3. The number of guanidine groups is 1. The Morgan fingerprint density at radius 1 is 1.58 bits per heavy atom. The Balaban J connectivity index is 1.93. The van der Waals surface area contributed by atoms with Crippen LogP contribution in [0.4, 0.5) is 5.82 Å². The van der Waals surface area contributed by atoms with Crippen LogP contribution in [0.5, 0.6) is 0 Å². The van der Waals surface area contributed by atoms with E-state index in [9.17, 15) is 10.2 Å². The number of aromatic nitrogens is 2. The molecular formula is C12H17N5O2. The Hall–Kier alpha value is -1.86. The molecule has 2 aliphatic rings. The molecule has 0 amide bonds. The molecular weight excluding hydrogens is 246 g/mol. The summed E-state index contributed by atoms with van der Waals surface area (Å²) in [6.45, 7) is 4.36. The lowest BCUT2D eigenvalue weighted by molar-refractivity contribution is 0.101. The van der Waals surface area contributed by atoms with E-state index < -0.39 is 6.10 Å². The Morgan fingerprint density at radius 3 is 3.05 bits per heavy atom. The highest BCUT2D eigenvalue weighted by molar-refractivity contribution is 5.93. The number of nitrogens with zero attached hydrogens (tertiary/aromatic N) is 3. The quantitative estimate of drug-likeness (QED) is 0.543. The molecule has 0 bridgehead atoms. The topological polar surface area (TPSA) is 109 Å². The maximum Gasteiger partial charge on any atom is 0.194 e. The fourth-order valence-corrected chi connectivity index (χ4v) is 2.78. The van der Waals surface area contributed by atoms with Gasteiger partial charge >= 0.3 is 0 Å². The average molecular weight is 263 g/mol. The molecule has 3 atom stereocenters. The fraction of sp³-hybridized carbons (Fsp3) is 0.500. The zero-order valence-corrected chi connectivity index (χ0v) is 10.5. The van der Waals surface area contributed by atoms with Gasteiger partial charge in [0.25, 0.3) is 0 Å². The summed E-state index contributed by atoms with van der Waals surface area (Å²) in [5.41, 5.74) is 7.32. The Labute approximate surface area is 110 Å². The number of imidazole rings is 1. The first-order valence-electron chi connectivity index (χ1n) is 6.22. The van der Waals surface area contributed by atoms with Crippen LogP contribution >= 0.6 is 0 Å². The van der Waals surface area contributed by atoms with Crippen molar-refractivity contribution < 1.29 is 10.2 Å². The predicted octanol–water partition coefficient (Wildman–Crippen LogP) is -0.406. The van der Waals surface area contributed by atoms with E-state index in [1.165, 1.54) is 0 Å². The van der Waals surface area contributed by atoms with Crippen molar-refractivity contribution in [2.24, 2.45) is 16.6 Å². The molecule has 7 nitrogen and oxygen atoms in total. The first kappa shape index (κ1) is 12.2. The SMILES string of the molecule is C=C1[C@H](CO)[C@@H](O)C[C@@H]1n1cnc2c1NC(N)=NC2. The number of aliphatic hydroxyl groups excluding tert-OH is 2. The first-order valence-corrected chi connectivity index (χ1v) is 6.22. The van der Waals surface area contributed by atoms with Gasteiger partial charge in [0.2, 0.25) is 0 Å². The number of hydrogen-bond donors (Lipinski definition) is 4. The van der Waals surface area contributed by atoms with Gasteiger partial charge in [-0.25, -0.2) is 9.98 Å². The standard InChI is InChI=1S/C12H17N5O2/c1-6-7(4-18)10(19)2-9(6)17-5-15-8-3-14-12(13)16-11(8)17/h5,7,9-10,18-19H,1-4H2,(H3,13,14,16)/t7-,9-,10-/m0/s1. The minimum atomic E-state index is -0.574. The van der Waals surface area contributed by atoms with Crippen LogP contribution in [0.25, 0.3) is 0 Å². The van der Waals surface area contributed by atoms with Crippen LogP contribution in [-0.4, -0.2) is 38.4 Å². The highest BCUT2D eigenvalue weighted by atomic mass is 16.3. The number of nitrogens with one attached hydrogen (secondary N) is 1. The molecule has 1 aromatic rings. The summed E-state index contributed by atoms with van der Waals surface area (Å²) >= 11 is 0. The summed E-state index contributed by atoms with van der Waals surface area (Å²) in [6, 6.07) is -0.0817. The van der Waals surface area contributed by atoms with Crippen molar-refractivity contribution in [2.75, 3.05) is 11.9 Å². The van der Waals surface area contributed by atoms with Crippen molar-refractivity contribution in [3.63, 3.8) is 0 Å². The molecule has 7 heteroatoms. The maximum absolute atomic E-state index is 9.96. The van der Waals surface area contributed by atoms with E-state index in [-0.39, 0.29) is 18.6 Å². The highest BCUT2D eigenvalue weighted by Crippen LogP contribution is 2.41. The molecule has 0 radical (unpaired) electrons. The number of aliphatic imine (C=N–C) groups is 1. The number of anilines is 1. The molecule has 3 rings (SSSR count). The molecule has 1 fully saturated rings. The smallest absolute Gasteiger partial charge is 0.194 e. The van der Waals surface area contributed by atoms with E-state index in [2.05, 4.69) is 21.9 Å². The lowest BCUT2D eigenvalue weighted by Crippen LogP contribution is -2.28. The van der Waals surface area contributed by atoms with Gasteiger partial charge in [0.05, 0.1) is 31.6 Å². The van der Waals surface area contributed by atoms with Crippen molar-refractivity contribution in [2.45, 2.75) is 25.1 Å². The predicted molar refractivity (Wildman–Crippen MR) is 70.6 cm³/mol. The van der Waals surface area contributed by atoms with Crippen molar-refractivity contribution >= 4 is 11.8 Å². The summed E-state index contributed by atoms with van der Waals surface area (Å²) in [7, 11) is 0. The van der Waals surface area contributed by atoms with E-state index in [0.29, 0.717) is 18.9 Å². The molecule has 0 spiro atoms. The molecule has 0 unspecified atom stereocenters. The number of nitrogens with two attached hydrogens (primary N) is 1. The second-order valence-corrected chi connectivity index (χ2v) is 4.96. The monoisotopic (exact) mass is 263 g/mol. The molecule has 0 saturated heterocycles. The van der Waals surface area contributed by atoms with Crippen LogP contribution in [0.1, 0.15) is 18.2 Å². The lowest BCUT2D eigenvalue weighted by Gasteiger charge is -2.20. The average Bonchev–Trinajstić information content (AvgIpc) is 2.90. The third kappa shape index (κ3) is 1.82.